The highest BCUT2D eigenvalue weighted by Crippen LogP contribution is 2.56. The lowest BCUT2D eigenvalue weighted by atomic mass is 9.64. The fourth-order valence-electron chi connectivity index (χ4n) is 4.32. The molecule has 3 aliphatic rings. The molecule has 14 heavy (non-hydrogen) atoms. The van der Waals surface area contributed by atoms with Crippen LogP contribution in [-0.4, -0.2) is 11.2 Å². The molecule has 0 aliphatic heterocycles. The Morgan fingerprint density at radius 3 is 2.86 bits per heavy atom. The van der Waals surface area contributed by atoms with Crippen molar-refractivity contribution in [2.75, 3.05) is 0 Å². The van der Waals surface area contributed by atoms with E-state index >= 15 is 0 Å². The lowest BCUT2D eigenvalue weighted by Gasteiger charge is -2.44. The van der Waals surface area contributed by atoms with E-state index in [1.165, 1.54) is 32.1 Å². The van der Waals surface area contributed by atoms with E-state index in [1.807, 2.05) is 0 Å². The second-order valence-electron chi connectivity index (χ2n) is 5.42. The minimum Gasteiger partial charge on any atom is -0.393 e. The van der Waals surface area contributed by atoms with E-state index in [0.717, 1.165) is 11.8 Å². The summed E-state index contributed by atoms with van der Waals surface area (Å²) in [5.41, 5.74) is 1.66. The summed E-state index contributed by atoms with van der Waals surface area (Å²) in [6, 6.07) is 0. The molecule has 0 heterocycles. The summed E-state index contributed by atoms with van der Waals surface area (Å²) >= 11 is 0. The molecule has 4 bridgehead atoms. The van der Waals surface area contributed by atoms with Crippen LogP contribution in [0.25, 0.3) is 0 Å². The highest BCUT2D eigenvalue weighted by atomic mass is 16.3. The maximum atomic E-state index is 10.3. The molecule has 1 heteroatoms. The van der Waals surface area contributed by atoms with Gasteiger partial charge < -0.3 is 5.11 Å². The molecular formula is C13H20O. The van der Waals surface area contributed by atoms with Gasteiger partial charge in [-0.15, -0.1) is 0 Å². The van der Waals surface area contributed by atoms with Crippen LogP contribution in [0.1, 0.15) is 39.0 Å². The molecule has 3 saturated carbocycles. The standard InChI is InChI=1S/C13H20O/c1-2-8-6-9-7-12(8)11-5-3-4-10(9)13(11)14/h2,9-14H,3-7H2,1H3/b8-2-/t9-,10+,11-,12-,13-/m1/s1. The van der Waals surface area contributed by atoms with E-state index in [2.05, 4.69) is 13.0 Å². The minimum atomic E-state index is 0.0324. The molecule has 1 nitrogen and oxygen atoms in total. The van der Waals surface area contributed by atoms with Gasteiger partial charge in [-0.2, -0.15) is 0 Å². The predicted octanol–water partition coefficient (Wildman–Crippen LogP) is 2.75. The van der Waals surface area contributed by atoms with Crippen LogP contribution in [0.5, 0.6) is 0 Å². The van der Waals surface area contributed by atoms with Crippen LogP contribution in [0.4, 0.5) is 0 Å². The van der Waals surface area contributed by atoms with Gasteiger partial charge in [0.2, 0.25) is 0 Å². The molecule has 0 aromatic rings. The van der Waals surface area contributed by atoms with Gasteiger partial charge in [0, 0.05) is 0 Å². The first kappa shape index (κ1) is 8.96. The Morgan fingerprint density at radius 1 is 1.29 bits per heavy atom. The number of aliphatic hydroxyl groups excluding tert-OH is 1. The topological polar surface area (TPSA) is 20.2 Å². The lowest BCUT2D eigenvalue weighted by Crippen LogP contribution is -2.43. The number of hydrogen-bond donors (Lipinski definition) is 1. The third-order valence-electron chi connectivity index (χ3n) is 4.98. The van der Waals surface area contributed by atoms with Crippen molar-refractivity contribution in [1.82, 2.24) is 0 Å². The number of fused-ring (bicyclic) bond motifs is 6. The number of aliphatic hydroxyl groups is 1. The maximum Gasteiger partial charge on any atom is 0.0605 e. The normalized spacial score (nSPS) is 53.9. The Morgan fingerprint density at radius 2 is 2.07 bits per heavy atom. The average Bonchev–Trinajstić information content (AvgIpc) is 2.57. The summed E-state index contributed by atoms with van der Waals surface area (Å²) in [6.45, 7) is 2.17. The fourth-order valence-corrected chi connectivity index (χ4v) is 4.32. The van der Waals surface area contributed by atoms with Gasteiger partial charge in [-0.1, -0.05) is 18.1 Å². The molecule has 5 atom stereocenters. The van der Waals surface area contributed by atoms with Gasteiger partial charge in [0.1, 0.15) is 0 Å². The van der Waals surface area contributed by atoms with Crippen LogP contribution in [-0.2, 0) is 0 Å². The molecule has 0 amide bonds. The van der Waals surface area contributed by atoms with Crippen molar-refractivity contribution in [1.29, 1.82) is 0 Å². The number of rotatable bonds is 0. The Labute approximate surface area is 86.2 Å². The zero-order chi connectivity index (χ0) is 9.71. The molecule has 3 fully saturated rings. The quantitative estimate of drug-likeness (QED) is 0.585. The van der Waals surface area contributed by atoms with Crippen molar-refractivity contribution in [2.24, 2.45) is 23.7 Å². The van der Waals surface area contributed by atoms with Crippen molar-refractivity contribution in [2.45, 2.75) is 45.1 Å². The van der Waals surface area contributed by atoms with Gasteiger partial charge in [-0.05, 0) is 56.3 Å². The van der Waals surface area contributed by atoms with E-state index < -0.39 is 0 Å². The Bertz CT molecular complexity index is 268. The van der Waals surface area contributed by atoms with Gasteiger partial charge in [0.05, 0.1) is 6.10 Å². The van der Waals surface area contributed by atoms with Crippen LogP contribution in [0.15, 0.2) is 11.6 Å². The van der Waals surface area contributed by atoms with Crippen molar-refractivity contribution in [3.63, 3.8) is 0 Å². The zero-order valence-electron chi connectivity index (χ0n) is 8.95. The molecular weight excluding hydrogens is 172 g/mol. The Kier molecular flexibility index (Phi) is 1.98. The van der Waals surface area contributed by atoms with E-state index in [0.29, 0.717) is 11.8 Å². The second kappa shape index (κ2) is 3.10. The molecule has 0 saturated heterocycles. The summed E-state index contributed by atoms with van der Waals surface area (Å²) in [4.78, 5) is 0. The van der Waals surface area contributed by atoms with Crippen molar-refractivity contribution in [3.05, 3.63) is 11.6 Å². The zero-order valence-corrected chi connectivity index (χ0v) is 8.95. The number of hydrogen-bond acceptors (Lipinski definition) is 1. The van der Waals surface area contributed by atoms with Gasteiger partial charge >= 0.3 is 0 Å². The second-order valence-corrected chi connectivity index (χ2v) is 5.42. The van der Waals surface area contributed by atoms with E-state index in [4.69, 9.17) is 0 Å². The Balaban J connectivity index is 1.97. The summed E-state index contributed by atoms with van der Waals surface area (Å²) in [7, 11) is 0. The molecule has 0 spiro atoms. The van der Waals surface area contributed by atoms with Crippen LogP contribution in [0, 0.1) is 23.7 Å². The molecule has 0 radical (unpaired) electrons. The van der Waals surface area contributed by atoms with Gasteiger partial charge in [-0.3, -0.25) is 0 Å². The first-order valence-electron chi connectivity index (χ1n) is 6.14. The van der Waals surface area contributed by atoms with E-state index in [9.17, 15) is 5.11 Å². The van der Waals surface area contributed by atoms with Gasteiger partial charge in [0.25, 0.3) is 0 Å². The molecule has 3 rings (SSSR count). The molecule has 0 aromatic carbocycles. The summed E-state index contributed by atoms with van der Waals surface area (Å²) in [5.74, 6) is 2.82. The summed E-state index contributed by atoms with van der Waals surface area (Å²) in [6.07, 6.45) is 8.93. The van der Waals surface area contributed by atoms with Crippen LogP contribution in [0.3, 0.4) is 0 Å². The van der Waals surface area contributed by atoms with Crippen molar-refractivity contribution < 1.29 is 5.11 Å². The summed E-state index contributed by atoms with van der Waals surface area (Å²) < 4.78 is 0. The van der Waals surface area contributed by atoms with E-state index in [-0.39, 0.29) is 6.10 Å². The average molecular weight is 192 g/mol. The monoisotopic (exact) mass is 192 g/mol. The highest BCUT2D eigenvalue weighted by molar-refractivity contribution is 5.19. The smallest absolute Gasteiger partial charge is 0.0605 e. The minimum absolute atomic E-state index is 0.0324. The molecule has 0 unspecified atom stereocenters. The fraction of sp³-hybridized carbons (Fsp3) is 0.846. The first-order chi connectivity index (χ1) is 6.81. The van der Waals surface area contributed by atoms with Gasteiger partial charge in [0.15, 0.2) is 0 Å². The third-order valence-corrected chi connectivity index (χ3v) is 4.98. The molecule has 78 valence electrons. The molecule has 1 N–H and O–H groups in total. The third kappa shape index (κ3) is 1.05. The van der Waals surface area contributed by atoms with Crippen LogP contribution >= 0.6 is 0 Å². The van der Waals surface area contributed by atoms with Gasteiger partial charge in [-0.25, -0.2) is 0 Å². The molecule has 0 aromatic heterocycles. The highest BCUT2D eigenvalue weighted by Gasteiger charge is 2.50. The maximum absolute atomic E-state index is 10.3. The predicted molar refractivity (Wildman–Crippen MR) is 56.8 cm³/mol. The summed E-state index contributed by atoms with van der Waals surface area (Å²) in [5, 5.41) is 10.3. The van der Waals surface area contributed by atoms with Crippen LogP contribution in [0.2, 0.25) is 0 Å². The molecule has 3 aliphatic carbocycles. The first-order valence-corrected chi connectivity index (χ1v) is 6.14. The lowest BCUT2D eigenvalue weighted by molar-refractivity contribution is -0.0483. The van der Waals surface area contributed by atoms with Crippen molar-refractivity contribution >= 4 is 0 Å². The SMILES string of the molecule is C/C=C1/C[C@@H]2C[C@H]1[C@H]1CCC[C@@H]2[C@H]1O. The van der Waals surface area contributed by atoms with Crippen molar-refractivity contribution in [3.8, 4) is 0 Å². The van der Waals surface area contributed by atoms with Crippen LogP contribution < -0.4 is 0 Å². The van der Waals surface area contributed by atoms with E-state index in [1.54, 1.807) is 5.57 Å². The number of allylic oxidation sites excluding steroid dienone is 2. The largest absolute Gasteiger partial charge is 0.393 e. The Hall–Kier alpha value is -0.300.